The van der Waals surface area contributed by atoms with Crippen molar-refractivity contribution in [2.75, 3.05) is 32.0 Å². The Morgan fingerprint density at radius 1 is 1.28 bits per heavy atom. The predicted molar refractivity (Wildman–Crippen MR) is 72.6 cm³/mol. The van der Waals surface area contributed by atoms with Crippen molar-refractivity contribution >= 4 is 5.69 Å². The highest BCUT2D eigenvalue weighted by Crippen LogP contribution is 2.15. The minimum atomic E-state index is -0.440. The molecule has 1 heterocycles. The number of nitrogen functional groups attached to an aromatic ring is 1. The van der Waals surface area contributed by atoms with Gasteiger partial charge in [0.2, 0.25) is 0 Å². The van der Waals surface area contributed by atoms with E-state index in [-0.39, 0.29) is 0 Å². The lowest BCUT2D eigenvalue weighted by Gasteiger charge is -2.28. The van der Waals surface area contributed by atoms with Crippen molar-refractivity contribution in [1.82, 2.24) is 4.90 Å². The van der Waals surface area contributed by atoms with Crippen molar-refractivity contribution in [2.24, 2.45) is 0 Å². The van der Waals surface area contributed by atoms with E-state index in [1.807, 2.05) is 18.2 Å². The number of hydrogen-bond donors (Lipinski definition) is 2. The van der Waals surface area contributed by atoms with Crippen LogP contribution in [0.5, 0.6) is 5.75 Å². The van der Waals surface area contributed by atoms with Gasteiger partial charge in [0.15, 0.2) is 0 Å². The van der Waals surface area contributed by atoms with E-state index in [1.165, 1.54) is 19.3 Å². The van der Waals surface area contributed by atoms with Crippen LogP contribution in [0.25, 0.3) is 0 Å². The van der Waals surface area contributed by atoms with Crippen LogP contribution in [-0.4, -0.2) is 42.4 Å². The highest BCUT2D eigenvalue weighted by Gasteiger charge is 2.14. The van der Waals surface area contributed by atoms with E-state index in [4.69, 9.17) is 10.5 Å². The molecule has 1 fully saturated rings. The summed E-state index contributed by atoms with van der Waals surface area (Å²) in [5, 5.41) is 9.93. The minimum absolute atomic E-state index is 0.319. The van der Waals surface area contributed by atoms with Gasteiger partial charge in [0, 0.05) is 18.3 Å². The van der Waals surface area contributed by atoms with E-state index >= 15 is 0 Å². The van der Waals surface area contributed by atoms with Gasteiger partial charge in [-0.05, 0) is 38.1 Å². The molecule has 1 aliphatic heterocycles. The molecule has 0 spiro atoms. The fourth-order valence-corrected chi connectivity index (χ4v) is 2.29. The Bertz CT molecular complexity index is 365. The fourth-order valence-electron chi connectivity index (χ4n) is 2.29. The Hall–Kier alpha value is -1.26. The monoisotopic (exact) mass is 250 g/mol. The zero-order valence-electron chi connectivity index (χ0n) is 10.7. The smallest absolute Gasteiger partial charge is 0.121 e. The number of anilines is 1. The first-order valence-electron chi connectivity index (χ1n) is 6.63. The second kappa shape index (κ2) is 6.61. The number of rotatable bonds is 5. The van der Waals surface area contributed by atoms with Gasteiger partial charge >= 0.3 is 0 Å². The molecule has 0 saturated carbocycles. The van der Waals surface area contributed by atoms with Gasteiger partial charge in [-0.1, -0.05) is 12.5 Å². The SMILES string of the molecule is Nc1cccc(OCC(O)CN2CCCCC2)c1. The molecule has 0 aromatic heterocycles. The molecule has 0 radical (unpaired) electrons. The lowest BCUT2D eigenvalue weighted by Crippen LogP contribution is -2.38. The topological polar surface area (TPSA) is 58.7 Å². The van der Waals surface area contributed by atoms with Crippen molar-refractivity contribution in [2.45, 2.75) is 25.4 Å². The molecule has 1 aliphatic rings. The Balaban J connectivity index is 1.72. The van der Waals surface area contributed by atoms with Crippen LogP contribution in [-0.2, 0) is 0 Å². The number of ether oxygens (including phenoxy) is 1. The lowest BCUT2D eigenvalue weighted by molar-refractivity contribution is 0.0617. The number of hydrogen-bond acceptors (Lipinski definition) is 4. The standard InChI is InChI=1S/C14H22N2O2/c15-12-5-4-6-14(9-12)18-11-13(17)10-16-7-2-1-3-8-16/h4-6,9,13,17H,1-3,7-8,10-11,15H2. The van der Waals surface area contributed by atoms with Gasteiger partial charge in [-0.25, -0.2) is 0 Å². The summed E-state index contributed by atoms with van der Waals surface area (Å²) >= 11 is 0. The summed E-state index contributed by atoms with van der Waals surface area (Å²) < 4.78 is 5.53. The number of nitrogens with two attached hydrogens (primary N) is 1. The third kappa shape index (κ3) is 4.20. The second-order valence-corrected chi connectivity index (χ2v) is 4.90. The maximum atomic E-state index is 9.93. The molecular weight excluding hydrogens is 228 g/mol. The van der Waals surface area contributed by atoms with Crippen LogP contribution in [0.1, 0.15) is 19.3 Å². The summed E-state index contributed by atoms with van der Waals surface area (Å²) in [5.74, 6) is 0.715. The molecule has 0 amide bonds. The number of piperidine rings is 1. The van der Waals surface area contributed by atoms with Gasteiger partial charge in [0.1, 0.15) is 18.5 Å². The average Bonchev–Trinajstić information content (AvgIpc) is 2.38. The Kier molecular flexibility index (Phi) is 4.84. The Labute approximate surface area is 108 Å². The highest BCUT2D eigenvalue weighted by molar-refractivity contribution is 5.43. The maximum absolute atomic E-state index is 9.93. The van der Waals surface area contributed by atoms with Crippen molar-refractivity contribution in [3.63, 3.8) is 0 Å². The molecule has 3 N–H and O–H groups in total. The molecule has 0 aliphatic carbocycles. The van der Waals surface area contributed by atoms with Crippen LogP contribution < -0.4 is 10.5 Å². The lowest BCUT2D eigenvalue weighted by atomic mass is 10.1. The molecular formula is C14H22N2O2. The number of benzene rings is 1. The molecule has 4 nitrogen and oxygen atoms in total. The zero-order chi connectivity index (χ0) is 12.8. The van der Waals surface area contributed by atoms with E-state index < -0.39 is 6.10 Å². The van der Waals surface area contributed by atoms with Crippen LogP contribution in [0.4, 0.5) is 5.69 Å². The number of β-amino-alcohol motifs (C(OH)–C–C–N with tert-alkyl or cyclic N) is 1. The van der Waals surface area contributed by atoms with Crippen LogP contribution in [0, 0.1) is 0 Å². The number of aliphatic hydroxyl groups is 1. The summed E-state index contributed by atoms with van der Waals surface area (Å²) in [7, 11) is 0. The fraction of sp³-hybridized carbons (Fsp3) is 0.571. The predicted octanol–water partition coefficient (Wildman–Crippen LogP) is 1.49. The summed E-state index contributed by atoms with van der Waals surface area (Å²) in [6, 6.07) is 7.29. The minimum Gasteiger partial charge on any atom is -0.491 e. The summed E-state index contributed by atoms with van der Waals surface area (Å²) in [6.07, 6.45) is 3.35. The molecule has 1 unspecified atom stereocenters. The number of aliphatic hydroxyl groups excluding tert-OH is 1. The quantitative estimate of drug-likeness (QED) is 0.777. The maximum Gasteiger partial charge on any atom is 0.121 e. The van der Waals surface area contributed by atoms with Gasteiger partial charge in [-0.2, -0.15) is 0 Å². The van der Waals surface area contributed by atoms with E-state index in [9.17, 15) is 5.11 Å². The van der Waals surface area contributed by atoms with E-state index in [1.54, 1.807) is 6.07 Å². The molecule has 100 valence electrons. The van der Waals surface area contributed by atoms with Crippen LogP contribution in [0.3, 0.4) is 0 Å². The third-order valence-electron chi connectivity index (χ3n) is 3.22. The van der Waals surface area contributed by atoms with Crippen molar-refractivity contribution in [1.29, 1.82) is 0 Å². The molecule has 1 saturated heterocycles. The van der Waals surface area contributed by atoms with Gasteiger partial charge < -0.3 is 20.5 Å². The first-order valence-corrected chi connectivity index (χ1v) is 6.63. The Morgan fingerprint density at radius 2 is 2.06 bits per heavy atom. The molecule has 0 bridgehead atoms. The van der Waals surface area contributed by atoms with Crippen LogP contribution in [0.15, 0.2) is 24.3 Å². The number of likely N-dealkylation sites (tertiary alicyclic amines) is 1. The Morgan fingerprint density at radius 3 is 2.78 bits per heavy atom. The first-order chi connectivity index (χ1) is 8.74. The highest BCUT2D eigenvalue weighted by atomic mass is 16.5. The van der Waals surface area contributed by atoms with E-state index in [0.717, 1.165) is 13.1 Å². The van der Waals surface area contributed by atoms with Gasteiger partial charge in [0.05, 0.1) is 0 Å². The second-order valence-electron chi connectivity index (χ2n) is 4.90. The molecule has 4 heteroatoms. The van der Waals surface area contributed by atoms with Crippen LogP contribution in [0.2, 0.25) is 0 Å². The van der Waals surface area contributed by atoms with Crippen molar-refractivity contribution in [3.05, 3.63) is 24.3 Å². The van der Waals surface area contributed by atoms with Gasteiger partial charge in [-0.15, -0.1) is 0 Å². The third-order valence-corrected chi connectivity index (χ3v) is 3.22. The summed E-state index contributed by atoms with van der Waals surface area (Å²) in [6.45, 7) is 3.20. The molecule has 2 rings (SSSR count). The summed E-state index contributed by atoms with van der Waals surface area (Å²) in [4.78, 5) is 2.30. The normalized spacial score (nSPS) is 18.5. The zero-order valence-corrected chi connectivity index (χ0v) is 10.7. The van der Waals surface area contributed by atoms with Crippen molar-refractivity contribution in [3.8, 4) is 5.75 Å². The first kappa shape index (κ1) is 13.2. The van der Waals surface area contributed by atoms with E-state index in [2.05, 4.69) is 4.90 Å². The molecule has 18 heavy (non-hydrogen) atoms. The van der Waals surface area contributed by atoms with Crippen LogP contribution >= 0.6 is 0 Å². The van der Waals surface area contributed by atoms with Gasteiger partial charge in [0.25, 0.3) is 0 Å². The molecule has 1 atom stereocenters. The summed E-state index contributed by atoms with van der Waals surface area (Å²) in [5.41, 5.74) is 6.34. The molecule has 1 aromatic rings. The van der Waals surface area contributed by atoms with Crippen molar-refractivity contribution < 1.29 is 9.84 Å². The molecule has 1 aromatic carbocycles. The van der Waals surface area contributed by atoms with E-state index in [0.29, 0.717) is 24.6 Å². The average molecular weight is 250 g/mol. The largest absolute Gasteiger partial charge is 0.491 e. The number of nitrogens with zero attached hydrogens (tertiary/aromatic N) is 1. The van der Waals surface area contributed by atoms with Gasteiger partial charge in [-0.3, -0.25) is 0 Å².